The molecule has 0 fully saturated rings. The molecule has 5 aromatic rings. The number of hydrogen-bond acceptors (Lipinski definition) is 3. The van der Waals surface area contributed by atoms with Gasteiger partial charge in [-0.2, -0.15) is 0 Å². The van der Waals surface area contributed by atoms with Crippen LogP contribution in [-0.4, -0.2) is 39.1 Å². The Morgan fingerprint density at radius 2 is 1.72 bits per heavy atom. The molecule has 1 aliphatic heterocycles. The lowest BCUT2D eigenvalue weighted by Crippen LogP contribution is -2.47. The maximum absolute atomic E-state index is 13.3. The van der Waals surface area contributed by atoms with E-state index in [0.717, 1.165) is 32.9 Å². The number of nitrogens with one attached hydrogen (secondary N) is 4. The third-order valence-electron chi connectivity index (χ3n) is 6.43. The topological polar surface area (TPSA) is 110 Å². The number of fused-ring (bicyclic) bond motifs is 3. The number of amides is 3. The molecule has 0 bridgehead atoms. The molecule has 8 nitrogen and oxygen atoms in total. The normalized spacial score (nSPS) is 14.9. The van der Waals surface area contributed by atoms with E-state index in [2.05, 4.69) is 20.8 Å². The van der Waals surface area contributed by atoms with Gasteiger partial charge in [-0.05, 0) is 42.0 Å². The monoisotopic (exact) mass is 497 g/mol. The molecule has 9 heteroatoms. The van der Waals surface area contributed by atoms with Crippen molar-refractivity contribution >= 4 is 51.1 Å². The molecule has 0 spiro atoms. The maximum Gasteiger partial charge on any atom is 0.286 e. The molecule has 3 heterocycles. The number of aromatic amines is 2. The Hall–Kier alpha value is -4.56. The molecule has 1 aliphatic rings. The van der Waals surface area contributed by atoms with E-state index >= 15 is 0 Å². The highest BCUT2D eigenvalue weighted by Gasteiger charge is 2.39. The highest BCUT2D eigenvalue weighted by molar-refractivity contribution is 6.31. The van der Waals surface area contributed by atoms with Crippen LogP contribution in [0.2, 0.25) is 5.02 Å². The third-order valence-corrected chi connectivity index (χ3v) is 6.67. The van der Waals surface area contributed by atoms with Crippen LogP contribution in [0.5, 0.6) is 0 Å². The van der Waals surface area contributed by atoms with Crippen molar-refractivity contribution in [2.24, 2.45) is 0 Å². The molecule has 3 aromatic carbocycles. The number of H-pyrrole nitrogens is 2. The average Bonchev–Trinajstić information content (AvgIpc) is 3.57. The summed E-state index contributed by atoms with van der Waals surface area (Å²) in [5.74, 6) is -1.27. The first-order chi connectivity index (χ1) is 17.5. The number of nitrogens with zero attached hydrogens (tertiary/aromatic N) is 1. The van der Waals surface area contributed by atoms with Crippen molar-refractivity contribution < 1.29 is 14.4 Å². The summed E-state index contributed by atoms with van der Waals surface area (Å²) in [6, 6.07) is 21.6. The molecule has 0 radical (unpaired) electrons. The Morgan fingerprint density at radius 1 is 0.917 bits per heavy atom. The van der Waals surface area contributed by atoms with Gasteiger partial charge in [0.15, 0.2) is 0 Å². The number of aromatic nitrogens is 2. The molecule has 0 aliphatic carbocycles. The van der Waals surface area contributed by atoms with Gasteiger partial charge in [-0.1, -0.05) is 48.0 Å². The molecule has 178 valence electrons. The van der Waals surface area contributed by atoms with Crippen molar-refractivity contribution in [1.29, 1.82) is 0 Å². The summed E-state index contributed by atoms with van der Waals surface area (Å²) in [6.07, 6.45) is 1.87. The highest BCUT2D eigenvalue weighted by atomic mass is 35.5. The van der Waals surface area contributed by atoms with Crippen LogP contribution in [0.1, 0.15) is 38.0 Å². The third kappa shape index (κ3) is 3.68. The van der Waals surface area contributed by atoms with Gasteiger partial charge in [-0.3, -0.25) is 25.2 Å². The minimum Gasteiger partial charge on any atom is -0.361 e. The lowest BCUT2D eigenvalue weighted by molar-refractivity contribution is -0.122. The van der Waals surface area contributed by atoms with E-state index in [-0.39, 0.29) is 18.1 Å². The van der Waals surface area contributed by atoms with Crippen LogP contribution in [0, 0.1) is 0 Å². The molecule has 6 rings (SSSR count). The van der Waals surface area contributed by atoms with Gasteiger partial charge >= 0.3 is 0 Å². The molecule has 0 saturated carbocycles. The first kappa shape index (κ1) is 21.9. The fourth-order valence-electron chi connectivity index (χ4n) is 4.80. The summed E-state index contributed by atoms with van der Waals surface area (Å²) in [5, 5.41) is 2.31. The number of para-hydroxylation sites is 1. The molecular formula is C27H20ClN5O3. The molecule has 36 heavy (non-hydrogen) atoms. The zero-order chi connectivity index (χ0) is 24.8. The Morgan fingerprint density at radius 3 is 2.61 bits per heavy atom. The van der Waals surface area contributed by atoms with Crippen molar-refractivity contribution in [3.05, 3.63) is 106 Å². The standard InChI is InChI=1S/C27H20ClN5O3/c28-16-9-10-21-15(11-16)12-23(30-21)26(35)32-31-24(34)14-33-25(18-6-1-2-7-19(18)27(33)36)20-13-29-22-8-4-3-5-17(20)22/h1-13,25,29-30H,14H2,(H,31,34)(H,32,35). The molecule has 3 amide bonds. The lowest BCUT2D eigenvalue weighted by Gasteiger charge is -2.25. The predicted octanol–water partition coefficient (Wildman–Crippen LogP) is 4.31. The summed E-state index contributed by atoms with van der Waals surface area (Å²) in [4.78, 5) is 46.5. The van der Waals surface area contributed by atoms with Gasteiger partial charge in [0.05, 0.1) is 6.04 Å². The Kier molecular flexibility index (Phi) is 5.23. The van der Waals surface area contributed by atoms with E-state index < -0.39 is 17.9 Å². The van der Waals surface area contributed by atoms with E-state index in [0.29, 0.717) is 10.6 Å². The summed E-state index contributed by atoms with van der Waals surface area (Å²) < 4.78 is 0. The zero-order valence-electron chi connectivity index (χ0n) is 18.8. The van der Waals surface area contributed by atoms with Crippen molar-refractivity contribution in [2.45, 2.75) is 6.04 Å². The summed E-state index contributed by atoms with van der Waals surface area (Å²) in [6.45, 7) is -0.236. The molecule has 4 N–H and O–H groups in total. The number of carbonyl (C=O) groups is 3. The molecule has 0 saturated heterocycles. The van der Waals surface area contributed by atoms with Gasteiger partial charge in [0, 0.05) is 44.2 Å². The van der Waals surface area contributed by atoms with Crippen LogP contribution < -0.4 is 10.9 Å². The minimum absolute atomic E-state index is 0.236. The minimum atomic E-state index is -0.520. The summed E-state index contributed by atoms with van der Waals surface area (Å²) >= 11 is 6.01. The highest BCUT2D eigenvalue weighted by Crippen LogP contribution is 2.40. The SMILES string of the molecule is O=C(CN1C(=O)c2ccccc2C1c1c[nH]c2ccccc12)NNC(=O)c1cc2cc(Cl)ccc2[nH]1. The van der Waals surface area contributed by atoms with Crippen molar-refractivity contribution in [1.82, 2.24) is 25.7 Å². The van der Waals surface area contributed by atoms with Crippen LogP contribution in [-0.2, 0) is 4.79 Å². The van der Waals surface area contributed by atoms with Crippen LogP contribution in [0.25, 0.3) is 21.8 Å². The lowest BCUT2D eigenvalue weighted by atomic mass is 9.97. The van der Waals surface area contributed by atoms with Crippen LogP contribution in [0.4, 0.5) is 0 Å². The fourth-order valence-corrected chi connectivity index (χ4v) is 4.98. The molecular weight excluding hydrogens is 478 g/mol. The van der Waals surface area contributed by atoms with E-state index in [4.69, 9.17) is 11.6 Å². The summed E-state index contributed by atoms with van der Waals surface area (Å²) in [5.41, 5.74) is 9.10. The van der Waals surface area contributed by atoms with Crippen LogP contribution in [0.3, 0.4) is 0 Å². The maximum atomic E-state index is 13.3. The zero-order valence-corrected chi connectivity index (χ0v) is 19.6. The number of hydrazine groups is 1. The predicted molar refractivity (Wildman–Crippen MR) is 137 cm³/mol. The molecule has 2 aromatic heterocycles. The molecule has 1 atom stereocenters. The Labute approximate surface area is 210 Å². The van der Waals surface area contributed by atoms with Crippen LogP contribution in [0.15, 0.2) is 79.0 Å². The smallest absolute Gasteiger partial charge is 0.286 e. The second-order valence-electron chi connectivity index (χ2n) is 8.63. The number of carbonyl (C=O) groups excluding carboxylic acids is 3. The largest absolute Gasteiger partial charge is 0.361 e. The Bertz CT molecular complexity index is 1670. The first-order valence-electron chi connectivity index (χ1n) is 11.3. The summed E-state index contributed by atoms with van der Waals surface area (Å²) in [7, 11) is 0. The first-order valence-corrected chi connectivity index (χ1v) is 11.7. The van der Waals surface area contributed by atoms with Crippen molar-refractivity contribution in [2.75, 3.05) is 6.54 Å². The van der Waals surface area contributed by atoms with E-state index in [1.54, 1.807) is 36.4 Å². The van der Waals surface area contributed by atoms with Gasteiger partial charge < -0.3 is 14.9 Å². The average molecular weight is 498 g/mol. The molecule has 1 unspecified atom stereocenters. The quantitative estimate of drug-likeness (QED) is 0.278. The van der Waals surface area contributed by atoms with E-state index in [9.17, 15) is 14.4 Å². The van der Waals surface area contributed by atoms with Crippen molar-refractivity contribution in [3.8, 4) is 0 Å². The van der Waals surface area contributed by atoms with Crippen LogP contribution >= 0.6 is 11.6 Å². The number of benzene rings is 3. The van der Waals surface area contributed by atoms with Gasteiger partial charge in [-0.15, -0.1) is 0 Å². The van der Waals surface area contributed by atoms with Gasteiger partial charge in [0.1, 0.15) is 12.2 Å². The van der Waals surface area contributed by atoms with Gasteiger partial charge in [0.25, 0.3) is 17.7 Å². The van der Waals surface area contributed by atoms with Gasteiger partial charge in [0.2, 0.25) is 0 Å². The fraction of sp³-hybridized carbons (Fsp3) is 0.0741. The van der Waals surface area contributed by atoms with E-state index in [1.807, 2.05) is 42.6 Å². The van der Waals surface area contributed by atoms with Gasteiger partial charge in [-0.25, -0.2) is 0 Å². The number of hydrogen-bond donors (Lipinski definition) is 4. The second-order valence-corrected chi connectivity index (χ2v) is 9.07. The number of halogens is 1. The second kappa shape index (κ2) is 8.58. The Balaban J connectivity index is 1.22. The van der Waals surface area contributed by atoms with E-state index in [1.165, 1.54) is 4.90 Å². The van der Waals surface area contributed by atoms with Crippen molar-refractivity contribution in [3.63, 3.8) is 0 Å². The number of rotatable bonds is 4.